The highest BCUT2D eigenvalue weighted by Crippen LogP contribution is 2.14. The van der Waals surface area contributed by atoms with Crippen molar-refractivity contribution in [2.75, 3.05) is 24.2 Å². The highest BCUT2D eigenvalue weighted by atomic mass is 16.3. The van der Waals surface area contributed by atoms with Gasteiger partial charge < -0.3 is 15.7 Å². The van der Waals surface area contributed by atoms with Crippen molar-refractivity contribution in [2.24, 2.45) is 0 Å². The Balaban J connectivity index is 2.74. The Kier molecular flexibility index (Phi) is 5.15. The van der Waals surface area contributed by atoms with Crippen molar-refractivity contribution in [3.05, 3.63) is 11.9 Å². The summed E-state index contributed by atoms with van der Waals surface area (Å²) in [5, 5.41) is 9.26. The van der Waals surface area contributed by atoms with E-state index in [2.05, 4.69) is 16.9 Å². The van der Waals surface area contributed by atoms with Crippen LogP contribution in [0.4, 0.5) is 11.6 Å². The second kappa shape index (κ2) is 6.39. The van der Waals surface area contributed by atoms with Gasteiger partial charge in [-0.25, -0.2) is 9.97 Å². The molecule has 0 radical (unpaired) electrons. The van der Waals surface area contributed by atoms with Gasteiger partial charge in [-0.15, -0.1) is 0 Å². The summed E-state index contributed by atoms with van der Waals surface area (Å²) in [7, 11) is 1.94. The standard InChI is InChI=1S/C12H22N4O/c1-4-5-11-14-10(13)8-12(15-11)16(3)7-6-9(2)17/h8-9,17H,4-7H2,1-3H3,(H2,13,14,15). The maximum absolute atomic E-state index is 9.26. The van der Waals surface area contributed by atoms with Gasteiger partial charge in [-0.05, 0) is 19.8 Å². The number of nitrogens with two attached hydrogens (primary N) is 1. The molecule has 96 valence electrons. The maximum Gasteiger partial charge on any atom is 0.134 e. The summed E-state index contributed by atoms with van der Waals surface area (Å²) in [4.78, 5) is 10.6. The van der Waals surface area contributed by atoms with Gasteiger partial charge in [0.15, 0.2) is 0 Å². The summed E-state index contributed by atoms with van der Waals surface area (Å²) >= 11 is 0. The largest absolute Gasteiger partial charge is 0.393 e. The molecule has 1 aromatic heterocycles. The van der Waals surface area contributed by atoms with Gasteiger partial charge in [0, 0.05) is 26.1 Å². The molecule has 1 aromatic rings. The highest BCUT2D eigenvalue weighted by molar-refractivity contribution is 5.46. The van der Waals surface area contributed by atoms with Gasteiger partial charge in [0.05, 0.1) is 6.10 Å². The minimum absolute atomic E-state index is 0.299. The molecule has 0 aromatic carbocycles. The van der Waals surface area contributed by atoms with Crippen molar-refractivity contribution in [3.63, 3.8) is 0 Å². The lowest BCUT2D eigenvalue weighted by Crippen LogP contribution is -2.23. The fourth-order valence-electron chi connectivity index (χ4n) is 1.53. The summed E-state index contributed by atoms with van der Waals surface area (Å²) < 4.78 is 0. The van der Waals surface area contributed by atoms with Crippen molar-refractivity contribution < 1.29 is 5.11 Å². The van der Waals surface area contributed by atoms with E-state index < -0.39 is 0 Å². The Bertz CT molecular complexity index is 354. The number of aryl methyl sites for hydroxylation is 1. The van der Waals surface area contributed by atoms with Crippen LogP contribution in [-0.4, -0.2) is 34.8 Å². The summed E-state index contributed by atoms with van der Waals surface area (Å²) in [5.41, 5.74) is 5.76. The van der Waals surface area contributed by atoms with E-state index in [4.69, 9.17) is 5.73 Å². The zero-order valence-corrected chi connectivity index (χ0v) is 10.8. The number of aliphatic hydroxyl groups is 1. The van der Waals surface area contributed by atoms with Gasteiger partial charge in [0.1, 0.15) is 17.5 Å². The SMILES string of the molecule is CCCc1nc(N)cc(N(C)CCC(C)O)n1. The lowest BCUT2D eigenvalue weighted by Gasteiger charge is -2.19. The molecule has 5 heteroatoms. The summed E-state index contributed by atoms with van der Waals surface area (Å²) in [6.07, 6.45) is 2.25. The van der Waals surface area contributed by atoms with E-state index in [1.165, 1.54) is 0 Å². The van der Waals surface area contributed by atoms with Crippen molar-refractivity contribution in [1.82, 2.24) is 9.97 Å². The molecule has 0 aliphatic rings. The van der Waals surface area contributed by atoms with Crippen molar-refractivity contribution in [2.45, 2.75) is 39.2 Å². The predicted octanol–water partition coefficient (Wildman–Crippen LogP) is 1.22. The first-order valence-corrected chi connectivity index (χ1v) is 6.05. The lowest BCUT2D eigenvalue weighted by molar-refractivity contribution is 0.187. The third kappa shape index (κ3) is 4.56. The lowest BCUT2D eigenvalue weighted by atomic mass is 10.2. The van der Waals surface area contributed by atoms with E-state index in [1.54, 1.807) is 13.0 Å². The molecule has 17 heavy (non-hydrogen) atoms. The number of hydrogen-bond acceptors (Lipinski definition) is 5. The van der Waals surface area contributed by atoms with Crippen LogP contribution in [0.2, 0.25) is 0 Å². The Morgan fingerprint density at radius 2 is 2.18 bits per heavy atom. The van der Waals surface area contributed by atoms with Crippen LogP contribution >= 0.6 is 0 Å². The number of aromatic nitrogens is 2. The monoisotopic (exact) mass is 238 g/mol. The fraction of sp³-hybridized carbons (Fsp3) is 0.667. The summed E-state index contributed by atoms with van der Waals surface area (Å²) in [6, 6.07) is 1.77. The van der Waals surface area contributed by atoms with Crippen molar-refractivity contribution >= 4 is 11.6 Å². The van der Waals surface area contributed by atoms with E-state index in [9.17, 15) is 5.11 Å². The zero-order chi connectivity index (χ0) is 12.8. The van der Waals surface area contributed by atoms with E-state index >= 15 is 0 Å². The molecule has 0 bridgehead atoms. The fourth-order valence-corrected chi connectivity index (χ4v) is 1.53. The number of aliphatic hydroxyl groups excluding tert-OH is 1. The van der Waals surface area contributed by atoms with Crippen molar-refractivity contribution in [3.8, 4) is 0 Å². The molecule has 3 N–H and O–H groups in total. The summed E-state index contributed by atoms with van der Waals surface area (Å²) in [6.45, 7) is 4.62. The second-order valence-electron chi connectivity index (χ2n) is 4.38. The number of hydrogen-bond donors (Lipinski definition) is 2. The third-order valence-electron chi connectivity index (χ3n) is 2.53. The predicted molar refractivity (Wildman–Crippen MR) is 70.0 cm³/mol. The van der Waals surface area contributed by atoms with Gasteiger partial charge in [-0.3, -0.25) is 0 Å². The van der Waals surface area contributed by atoms with E-state index in [0.717, 1.165) is 31.0 Å². The molecule has 0 fully saturated rings. The van der Waals surface area contributed by atoms with Gasteiger partial charge in [0.25, 0.3) is 0 Å². The first-order valence-electron chi connectivity index (χ1n) is 6.05. The molecule has 0 spiro atoms. The van der Waals surface area contributed by atoms with Crippen LogP contribution in [-0.2, 0) is 6.42 Å². The van der Waals surface area contributed by atoms with Crippen molar-refractivity contribution in [1.29, 1.82) is 0 Å². The Morgan fingerprint density at radius 3 is 2.76 bits per heavy atom. The molecule has 1 unspecified atom stereocenters. The van der Waals surface area contributed by atoms with Gasteiger partial charge in [-0.1, -0.05) is 6.92 Å². The van der Waals surface area contributed by atoms with Crippen LogP contribution in [0.1, 0.15) is 32.5 Å². The van der Waals surface area contributed by atoms with Crippen LogP contribution in [0.5, 0.6) is 0 Å². The molecule has 0 saturated heterocycles. The topological polar surface area (TPSA) is 75.3 Å². The molecular formula is C12H22N4O. The van der Waals surface area contributed by atoms with Crippen LogP contribution in [0.15, 0.2) is 6.07 Å². The maximum atomic E-state index is 9.26. The average molecular weight is 238 g/mol. The van der Waals surface area contributed by atoms with Crippen LogP contribution in [0.25, 0.3) is 0 Å². The number of nitrogen functional groups attached to an aromatic ring is 1. The third-order valence-corrected chi connectivity index (χ3v) is 2.53. The first-order chi connectivity index (χ1) is 8.02. The molecule has 0 aliphatic heterocycles. The minimum atomic E-state index is -0.299. The van der Waals surface area contributed by atoms with Crippen LogP contribution in [0, 0.1) is 0 Å². The average Bonchev–Trinajstić information content (AvgIpc) is 2.25. The molecule has 0 saturated carbocycles. The van der Waals surface area contributed by atoms with E-state index in [-0.39, 0.29) is 6.10 Å². The summed E-state index contributed by atoms with van der Waals surface area (Å²) in [5.74, 6) is 2.11. The number of rotatable bonds is 6. The number of nitrogens with zero attached hydrogens (tertiary/aromatic N) is 3. The second-order valence-corrected chi connectivity index (χ2v) is 4.38. The molecule has 0 aliphatic carbocycles. The quantitative estimate of drug-likeness (QED) is 0.779. The smallest absolute Gasteiger partial charge is 0.134 e. The Morgan fingerprint density at radius 1 is 1.47 bits per heavy atom. The molecule has 1 heterocycles. The molecular weight excluding hydrogens is 216 g/mol. The number of anilines is 2. The zero-order valence-electron chi connectivity index (χ0n) is 10.8. The molecule has 1 atom stereocenters. The van der Waals surface area contributed by atoms with E-state index in [0.29, 0.717) is 12.2 Å². The van der Waals surface area contributed by atoms with Crippen LogP contribution < -0.4 is 10.6 Å². The normalized spacial score (nSPS) is 12.5. The first kappa shape index (κ1) is 13.7. The van der Waals surface area contributed by atoms with Gasteiger partial charge in [-0.2, -0.15) is 0 Å². The van der Waals surface area contributed by atoms with Gasteiger partial charge in [0.2, 0.25) is 0 Å². The molecule has 5 nitrogen and oxygen atoms in total. The Labute approximate surface area is 103 Å². The van der Waals surface area contributed by atoms with Crippen LogP contribution in [0.3, 0.4) is 0 Å². The minimum Gasteiger partial charge on any atom is -0.393 e. The van der Waals surface area contributed by atoms with E-state index in [1.807, 2.05) is 11.9 Å². The van der Waals surface area contributed by atoms with Gasteiger partial charge >= 0.3 is 0 Å². The molecule has 0 amide bonds. The molecule has 1 rings (SSSR count). The highest BCUT2D eigenvalue weighted by Gasteiger charge is 2.07. The Hall–Kier alpha value is -1.36.